The zero-order valence-corrected chi connectivity index (χ0v) is 8.77. The summed E-state index contributed by atoms with van der Waals surface area (Å²) in [6.45, 7) is 1.99. The number of benzene rings is 2. The van der Waals surface area contributed by atoms with Crippen molar-refractivity contribution < 1.29 is 5.11 Å². The molecule has 15 heavy (non-hydrogen) atoms. The van der Waals surface area contributed by atoms with Crippen molar-refractivity contribution in [2.24, 2.45) is 5.73 Å². The number of phenols is 1. The van der Waals surface area contributed by atoms with Crippen molar-refractivity contribution >= 4 is 10.8 Å². The van der Waals surface area contributed by atoms with Crippen LogP contribution in [0.4, 0.5) is 0 Å². The van der Waals surface area contributed by atoms with E-state index in [-0.39, 0.29) is 6.04 Å². The predicted octanol–water partition coefficient (Wildman–Crippen LogP) is 2.44. The van der Waals surface area contributed by atoms with Crippen molar-refractivity contribution in [1.82, 2.24) is 0 Å². The van der Waals surface area contributed by atoms with Gasteiger partial charge in [-0.05, 0) is 30.4 Å². The minimum Gasteiger partial charge on any atom is -0.507 e. The molecule has 2 nitrogen and oxygen atoms in total. The molecule has 0 aliphatic carbocycles. The van der Waals surface area contributed by atoms with Crippen LogP contribution >= 0.6 is 0 Å². The van der Waals surface area contributed by atoms with Crippen LogP contribution in [0.2, 0.25) is 0 Å². The summed E-state index contributed by atoms with van der Waals surface area (Å²) in [6, 6.07) is 11.7. The van der Waals surface area contributed by atoms with Crippen LogP contribution in [0, 0.1) is 0 Å². The maximum Gasteiger partial charge on any atom is 0.123 e. The minimum atomic E-state index is 0.137. The zero-order chi connectivity index (χ0) is 10.8. The van der Waals surface area contributed by atoms with Gasteiger partial charge in [-0.15, -0.1) is 0 Å². The average Bonchev–Trinajstić information content (AvgIpc) is 2.22. The van der Waals surface area contributed by atoms with Crippen molar-refractivity contribution in [2.45, 2.75) is 19.4 Å². The molecule has 0 bridgehead atoms. The molecule has 0 fully saturated rings. The van der Waals surface area contributed by atoms with E-state index in [0.29, 0.717) is 5.75 Å². The number of aromatic hydroxyl groups is 1. The normalized spacial score (nSPS) is 12.9. The molecule has 0 heterocycles. The Bertz CT molecular complexity index is 477. The van der Waals surface area contributed by atoms with Crippen molar-refractivity contribution in [2.75, 3.05) is 0 Å². The van der Waals surface area contributed by atoms with Gasteiger partial charge in [-0.2, -0.15) is 0 Å². The molecule has 3 N–H and O–H groups in total. The first kappa shape index (κ1) is 9.99. The standard InChI is InChI=1S/C13H15NO/c1-9(14)8-10-6-7-13(15)12-5-3-2-4-11(10)12/h2-7,9,15H,8,14H2,1H3. The first-order valence-corrected chi connectivity index (χ1v) is 5.13. The van der Waals surface area contributed by atoms with Gasteiger partial charge < -0.3 is 10.8 Å². The smallest absolute Gasteiger partial charge is 0.123 e. The van der Waals surface area contributed by atoms with E-state index in [1.165, 1.54) is 5.56 Å². The maximum atomic E-state index is 9.70. The van der Waals surface area contributed by atoms with Crippen molar-refractivity contribution in [3.63, 3.8) is 0 Å². The van der Waals surface area contributed by atoms with Crippen LogP contribution in [-0.2, 0) is 6.42 Å². The van der Waals surface area contributed by atoms with E-state index in [1.54, 1.807) is 6.07 Å². The molecule has 0 saturated carbocycles. The van der Waals surface area contributed by atoms with E-state index in [4.69, 9.17) is 5.73 Å². The van der Waals surface area contributed by atoms with Crippen LogP contribution in [0.25, 0.3) is 10.8 Å². The number of nitrogens with two attached hydrogens (primary N) is 1. The summed E-state index contributed by atoms with van der Waals surface area (Å²) in [5.41, 5.74) is 6.98. The summed E-state index contributed by atoms with van der Waals surface area (Å²) < 4.78 is 0. The van der Waals surface area contributed by atoms with Gasteiger partial charge in [-0.3, -0.25) is 0 Å². The second-order valence-electron chi connectivity index (χ2n) is 3.97. The van der Waals surface area contributed by atoms with E-state index in [0.717, 1.165) is 17.2 Å². The van der Waals surface area contributed by atoms with E-state index >= 15 is 0 Å². The molecule has 1 atom stereocenters. The lowest BCUT2D eigenvalue weighted by Gasteiger charge is -2.10. The van der Waals surface area contributed by atoms with Crippen molar-refractivity contribution in [3.05, 3.63) is 42.0 Å². The van der Waals surface area contributed by atoms with Crippen LogP contribution in [0.15, 0.2) is 36.4 Å². The molecule has 2 aromatic rings. The van der Waals surface area contributed by atoms with Crippen LogP contribution < -0.4 is 5.73 Å². The Labute approximate surface area is 89.3 Å². The Hall–Kier alpha value is -1.54. The molecule has 0 aromatic heterocycles. The molecular weight excluding hydrogens is 186 g/mol. The third-order valence-electron chi connectivity index (χ3n) is 2.53. The first-order valence-electron chi connectivity index (χ1n) is 5.13. The van der Waals surface area contributed by atoms with Gasteiger partial charge in [-0.1, -0.05) is 30.3 Å². The molecule has 0 radical (unpaired) electrons. The monoisotopic (exact) mass is 201 g/mol. The molecule has 1 unspecified atom stereocenters. The molecule has 0 amide bonds. The Morgan fingerprint density at radius 2 is 1.80 bits per heavy atom. The number of hydrogen-bond donors (Lipinski definition) is 2. The Morgan fingerprint density at radius 3 is 2.47 bits per heavy atom. The molecule has 0 spiro atoms. The predicted molar refractivity (Wildman–Crippen MR) is 63.0 cm³/mol. The van der Waals surface area contributed by atoms with Gasteiger partial charge in [-0.25, -0.2) is 0 Å². The summed E-state index contributed by atoms with van der Waals surface area (Å²) in [6.07, 6.45) is 0.834. The molecule has 2 rings (SSSR count). The fourth-order valence-electron chi connectivity index (χ4n) is 1.87. The van der Waals surface area contributed by atoms with Gasteiger partial charge in [0, 0.05) is 11.4 Å². The Balaban J connectivity index is 2.61. The zero-order valence-electron chi connectivity index (χ0n) is 8.77. The van der Waals surface area contributed by atoms with E-state index < -0.39 is 0 Å². The highest BCUT2D eigenvalue weighted by Crippen LogP contribution is 2.27. The molecule has 0 aliphatic rings. The molecular formula is C13H15NO. The number of fused-ring (bicyclic) bond motifs is 1. The second-order valence-corrected chi connectivity index (χ2v) is 3.97. The Morgan fingerprint density at radius 1 is 1.13 bits per heavy atom. The third kappa shape index (κ3) is 1.95. The topological polar surface area (TPSA) is 46.2 Å². The van der Waals surface area contributed by atoms with Crippen LogP contribution in [0.3, 0.4) is 0 Å². The fourth-order valence-corrected chi connectivity index (χ4v) is 1.87. The molecule has 78 valence electrons. The Kier molecular flexibility index (Phi) is 2.60. The summed E-state index contributed by atoms with van der Waals surface area (Å²) in [5, 5.41) is 11.7. The summed E-state index contributed by atoms with van der Waals surface area (Å²) in [4.78, 5) is 0. The summed E-state index contributed by atoms with van der Waals surface area (Å²) in [7, 11) is 0. The average molecular weight is 201 g/mol. The van der Waals surface area contributed by atoms with Crippen molar-refractivity contribution in [3.8, 4) is 5.75 Å². The van der Waals surface area contributed by atoms with Crippen LogP contribution in [-0.4, -0.2) is 11.1 Å². The quantitative estimate of drug-likeness (QED) is 0.783. The van der Waals surface area contributed by atoms with Gasteiger partial charge in [0.25, 0.3) is 0 Å². The highest BCUT2D eigenvalue weighted by Gasteiger charge is 2.05. The third-order valence-corrected chi connectivity index (χ3v) is 2.53. The van der Waals surface area contributed by atoms with Crippen LogP contribution in [0.1, 0.15) is 12.5 Å². The number of phenolic OH excluding ortho intramolecular Hbond substituents is 1. The van der Waals surface area contributed by atoms with Crippen molar-refractivity contribution in [1.29, 1.82) is 0 Å². The maximum absolute atomic E-state index is 9.70. The minimum absolute atomic E-state index is 0.137. The van der Waals surface area contributed by atoms with Gasteiger partial charge in [0.1, 0.15) is 5.75 Å². The first-order chi connectivity index (χ1) is 7.18. The van der Waals surface area contributed by atoms with E-state index in [1.807, 2.05) is 37.3 Å². The lowest BCUT2D eigenvalue weighted by atomic mass is 9.99. The largest absolute Gasteiger partial charge is 0.507 e. The van der Waals surface area contributed by atoms with Gasteiger partial charge in [0.05, 0.1) is 0 Å². The number of hydrogen-bond acceptors (Lipinski definition) is 2. The highest BCUT2D eigenvalue weighted by molar-refractivity contribution is 5.90. The second kappa shape index (κ2) is 3.91. The highest BCUT2D eigenvalue weighted by atomic mass is 16.3. The molecule has 0 saturated heterocycles. The lowest BCUT2D eigenvalue weighted by molar-refractivity contribution is 0.481. The van der Waals surface area contributed by atoms with E-state index in [2.05, 4.69) is 0 Å². The number of rotatable bonds is 2. The van der Waals surface area contributed by atoms with Gasteiger partial charge in [0.15, 0.2) is 0 Å². The summed E-state index contributed by atoms with van der Waals surface area (Å²) in [5.74, 6) is 0.332. The molecule has 2 heteroatoms. The molecule has 2 aromatic carbocycles. The fraction of sp³-hybridized carbons (Fsp3) is 0.231. The van der Waals surface area contributed by atoms with Crippen LogP contribution in [0.5, 0.6) is 5.75 Å². The SMILES string of the molecule is CC(N)Cc1ccc(O)c2ccccc12. The van der Waals surface area contributed by atoms with E-state index in [9.17, 15) is 5.11 Å². The van der Waals surface area contributed by atoms with Gasteiger partial charge in [0.2, 0.25) is 0 Å². The lowest BCUT2D eigenvalue weighted by Crippen LogP contribution is -2.17. The molecule has 0 aliphatic heterocycles. The summed E-state index contributed by atoms with van der Waals surface area (Å²) >= 11 is 0. The van der Waals surface area contributed by atoms with Gasteiger partial charge >= 0.3 is 0 Å².